The minimum absolute atomic E-state index is 0.131. The predicted molar refractivity (Wildman–Crippen MR) is 92.2 cm³/mol. The number of hydrogen-bond acceptors (Lipinski definition) is 3. The molecule has 3 rings (SSSR count). The summed E-state index contributed by atoms with van der Waals surface area (Å²) < 4.78 is 7.11. The van der Waals surface area contributed by atoms with Crippen molar-refractivity contribution >= 4 is 5.91 Å². The van der Waals surface area contributed by atoms with Crippen LogP contribution < -0.4 is 5.32 Å². The first-order valence-electron chi connectivity index (χ1n) is 8.13. The van der Waals surface area contributed by atoms with Crippen LogP contribution in [0.3, 0.4) is 0 Å². The molecule has 0 radical (unpaired) electrons. The van der Waals surface area contributed by atoms with Gasteiger partial charge in [-0.25, -0.2) is 4.68 Å². The standard InChI is InChI=1S/C19H21N3O2/c1-3-6-18-17(19(23)20-12-16-9-5-10-24-16)13-21-22(18)15-8-4-7-14(2)11-15/h4-5,7-11,13H,3,6,12H2,1-2H3,(H,20,23). The van der Waals surface area contributed by atoms with Gasteiger partial charge in [-0.05, 0) is 43.2 Å². The summed E-state index contributed by atoms with van der Waals surface area (Å²) in [5.74, 6) is 0.597. The maximum Gasteiger partial charge on any atom is 0.255 e. The van der Waals surface area contributed by atoms with Gasteiger partial charge in [-0.2, -0.15) is 5.10 Å². The Morgan fingerprint density at radius 2 is 2.17 bits per heavy atom. The summed E-state index contributed by atoms with van der Waals surface area (Å²) in [6, 6.07) is 11.8. The fourth-order valence-electron chi connectivity index (χ4n) is 2.70. The summed E-state index contributed by atoms with van der Waals surface area (Å²) in [4.78, 5) is 12.5. The minimum Gasteiger partial charge on any atom is -0.467 e. The molecule has 0 fully saturated rings. The van der Waals surface area contributed by atoms with E-state index < -0.39 is 0 Å². The van der Waals surface area contributed by atoms with Gasteiger partial charge < -0.3 is 9.73 Å². The van der Waals surface area contributed by atoms with Gasteiger partial charge in [0.25, 0.3) is 5.91 Å². The molecule has 2 aromatic heterocycles. The number of aromatic nitrogens is 2. The molecular weight excluding hydrogens is 302 g/mol. The Kier molecular flexibility index (Phi) is 4.79. The molecule has 0 bridgehead atoms. The molecule has 0 saturated carbocycles. The van der Waals surface area contributed by atoms with Gasteiger partial charge in [0.2, 0.25) is 0 Å². The Labute approximate surface area is 141 Å². The fraction of sp³-hybridized carbons (Fsp3) is 0.263. The predicted octanol–water partition coefficient (Wildman–Crippen LogP) is 3.66. The molecule has 0 aliphatic rings. The van der Waals surface area contributed by atoms with E-state index in [0.717, 1.165) is 35.5 Å². The van der Waals surface area contributed by atoms with Gasteiger partial charge in [0, 0.05) is 0 Å². The molecule has 124 valence electrons. The quantitative estimate of drug-likeness (QED) is 0.753. The molecule has 0 spiro atoms. The zero-order valence-corrected chi connectivity index (χ0v) is 14.0. The smallest absolute Gasteiger partial charge is 0.255 e. The van der Waals surface area contributed by atoms with Gasteiger partial charge in [-0.3, -0.25) is 4.79 Å². The third-order valence-electron chi connectivity index (χ3n) is 3.85. The molecule has 5 nitrogen and oxygen atoms in total. The molecule has 3 aromatic rings. The van der Waals surface area contributed by atoms with Crippen molar-refractivity contribution in [3.05, 3.63) is 71.4 Å². The number of benzene rings is 1. The van der Waals surface area contributed by atoms with Gasteiger partial charge >= 0.3 is 0 Å². The molecule has 0 atom stereocenters. The average molecular weight is 323 g/mol. The Morgan fingerprint density at radius 1 is 1.29 bits per heavy atom. The monoisotopic (exact) mass is 323 g/mol. The van der Waals surface area contributed by atoms with Crippen LogP contribution in [0.4, 0.5) is 0 Å². The summed E-state index contributed by atoms with van der Waals surface area (Å²) >= 11 is 0. The van der Waals surface area contributed by atoms with Crippen LogP contribution in [-0.4, -0.2) is 15.7 Å². The number of amides is 1. The van der Waals surface area contributed by atoms with Crippen LogP contribution in [0.5, 0.6) is 0 Å². The van der Waals surface area contributed by atoms with Crippen molar-refractivity contribution in [1.82, 2.24) is 15.1 Å². The number of rotatable bonds is 6. The molecule has 0 saturated heterocycles. The Balaban J connectivity index is 1.86. The van der Waals surface area contributed by atoms with Gasteiger partial charge in [0.15, 0.2) is 0 Å². The van der Waals surface area contributed by atoms with E-state index in [1.807, 2.05) is 35.9 Å². The summed E-state index contributed by atoms with van der Waals surface area (Å²) in [5, 5.41) is 7.33. The van der Waals surface area contributed by atoms with Crippen LogP contribution in [0.2, 0.25) is 0 Å². The van der Waals surface area contributed by atoms with E-state index in [9.17, 15) is 4.79 Å². The third-order valence-corrected chi connectivity index (χ3v) is 3.85. The summed E-state index contributed by atoms with van der Waals surface area (Å²) in [6.45, 7) is 4.51. The highest BCUT2D eigenvalue weighted by Gasteiger charge is 2.18. The van der Waals surface area contributed by atoms with E-state index in [-0.39, 0.29) is 5.91 Å². The van der Waals surface area contributed by atoms with Gasteiger partial charge in [-0.1, -0.05) is 25.5 Å². The SMILES string of the molecule is CCCc1c(C(=O)NCc2ccco2)cnn1-c1cccc(C)c1. The maximum absolute atomic E-state index is 12.5. The fourth-order valence-corrected chi connectivity index (χ4v) is 2.70. The molecular formula is C19H21N3O2. The topological polar surface area (TPSA) is 60.1 Å². The lowest BCUT2D eigenvalue weighted by atomic mass is 10.1. The lowest BCUT2D eigenvalue weighted by Crippen LogP contribution is -2.23. The lowest BCUT2D eigenvalue weighted by molar-refractivity contribution is 0.0947. The number of furan rings is 1. The van der Waals surface area contributed by atoms with Crippen molar-refractivity contribution in [2.75, 3.05) is 0 Å². The first-order chi connectivity index (χ1) is 11.7. The first-order valence-corrected chi connectivity index (χ1v) is 8.13. The maximum atomic E-state index is 12.5. The second kappa shape index (κ2) is 7.17. The van der Waals surface area contributed by atoms with E-state index in [1.54, 1.807) is 18.5 Å². The van der Waals surface area contributed by atoms with Gasteiger partial charge in [-0.15, -0.1) is 0 Å². The number of carbonyl (C=O) groups is 1. The van der Waals surface area contributed by atoms with Crippen molar-refractivity contribution < 1.29 is 9.21 Å². The average Bonchev–Trinajstić information content (AvgIpc) is 3.23. The first kappa shape index (κ1) is 16.1. The minimum atomic E-state index is -0.131. The van der Waals surface area contributed by atoms with Crippen molar-refractivity contribution in [3.8, 4) is 5.69 Å². The second-order valence-corrected chi connectivity index (χ2v) is 5.77. The van der Waals surface area contributed by atoms with E-state index in [1.165, 1.54) is 0 Å². The number of nitrogens with one attached hydrogen (secondary N) is 1. The normalized spacial score (nSPS) is 10.8. The van der Waals surface area contributed by atoms with E-state index in [4.69, 9.17) is 4.42 Å². The van der Waals surface area contributed by atoms with Crippen molar-refractivity contribution in [2.24, 2.45) is 0 Å². The molecule has 0 aliphatic carbocycles. The molecule has 2 heterocycles. The Morgan fingerprint density at radius 3 is 2.88 bits per heavy atom. The van der Waals surface area contributed by atoms with Crippen LogP contribution in [0.1, 0.15) is 40.7 Å². The van der Waals surface area contributed by atoms with Crippen LogP contribution >= 0.6 is 0 Å². The number of carbonyl (C=O) groups excluding carboxylic acids is 1. The van der Waals surface area contributed by atoms with E-state index >= 15 is 0 Å². The largest absolute Gasteiger partial charge is 0.467 e. The number of aryl methyl sites for hydroxylation is 1. The van der Waals surface area contributed by atoms with Crippen molar-refractivity contribution in [3.63, 3.8) is 0 Å². The van der Waals surface area contributed by atoms with Gasteiger partial charge in [0.1, 0.15) is 5.76 Å². The number of hydrogen-bond donors (Lipinski definition) is 1. The molecule has 24 heavy (non-hydrogen) atoms. The second-order valence-electron chi connectivity index (χ2n) is 5.77. The lowest BCUT2D eigenvalue weighted by Gasteiger charge is -2.10. The molecule has 0 aliphatic heterocycles. The summed E-state index contributed by atoms with van der Waals surface area (Å²) in [6.07, 6.45) is 4.97. The van der Waals surface area contributed by atoms with Crippen molar-refractivity contribution in [1.29, 1.82) is 0 Å². The molecule has 0 unspecified atom stereocenters. The molecule has 5 heteroatoms. The molecule has 1 amide bonds. The van der Waals surface area contributed by atoms with Crippen LogP contribution in [0.25, 0.3) is 5.69 Å². The zero-order chi connectivity index (χ0) is 16.9. The molecule has 1 aromatic carbocycles. The highest BCUT2D eigenvalue weighted by Crippen LogP contribution is 2.18. The van der Waals surface area contributed by atoms with Crippen LogP contribution in [-0.2, 0) is 13.0 Å². The van der Waals surface area contributed by atoms with Crippen molar-refractivity contribution in [2.45, 2.75) is 33.2 Å². The summed E-state index contributed by atoms with van der Waals surface area (Å²) in [7, 11) is 0. The zero-order valence-electron chi connectivity index (χ0n) is 14.0. The highest BCUT2D eigenvalue weighted by atomic mass is 16.3. The van der Waals surface area contributed by atoms with E-state index in [2.05, 4.69) is 23.4 Å². The summed E-state index contributed by atoms with van der Waals surface area (Å²) in [5.41, 5.74) is 3.68. The van der Waals surface area contributed by atoms with Gasteiger partial charge in [0.05, 0.1) is 35.9 Å². The third kappa shape index (κ3) is 3.40. The Bertz CT molecular complexity index is 819. The number of nitrogens with zero attached hydrogens (tertiary/aromatic N) is 2. The van der Waals surface area contributed by atoms with E-state index in [0.29, 0.717) is 12.1 Å². The van der Waals surface area contributed by atoms with Crippen LogP contribution in [0, 0.1) is 6.92 Å². The highest BCUT2D eigenvalue weighted by molar-refractivity contribution is 5.95. The Hall–Kier alpha value is -2.82. The van der Waals surface area contributed by atoms with Crippen LogP contribution in [0.15, 0.2) is 53.3 Å². The molecule has 1 N–H and O–H groups in total.